The first-order chi connectivity index (χ1) is 6.60. The Morgan fingerprint density at radius 3 is 2.07 bits per heavy atom. The van der Waals surface area contributed by atoms with Crippen LogP contribution in [0.25, 0.3) is 0 Å². The SMILES string of the molecule is COc1cc(C)c(C(C)S)cc1OC. The molecule has 0 fully saturated rings. The number of rotatable bonds is 3. The van der Waals surface area contributed by atoms with E-state index in [4.69, 9.17) is 9.47 Å². The average Bonchev–Trinajstić information content (AvgIpc) is 2.16. The molecule has 0 radical (unpaired) electrons. The Kier molecular flexibility index (Phi) is 3.69. The molecule has 0 amide bonds. The van der Waals surface area contributed by atoms with E-state index in [0.29, 0.717) is 0 Å². The molecule has 0 N–H and O–H groups in total. The molecule has 0 aromatic heterocycles. The van der Waals surface area contributed by atoms with Crippen LogP contribution in [-0.4, -0.2) is 14.2 Å². The minimum atomic E-state index is 0.204. The van der Waals surface area contributed by atoms with Crippen molar-refractivity contribution in [3.05, 3.63) is 23.3 Å². The highest BCUT2D eigenvalue weighted by Gasteiger charge is 2.10. The highest BCUT2D eigenvalue weighted by atomic mass is 32.1. The van der Waals surface area contributed by atoms with Crippen molar-refractivity contribution in [1.29, 1.82) is 0 Å². The lowest BCUT2D eigenvalue weighted by Gasteiger charge is -2.14. The van der Waals surface area contributed by atoms with Crippen LogP contribution in [0.4, 0.5) is 0 Å². The lowest BCUT2D eigenvalue weighted by molar-refractivity contribution is 0.354. The Morgan fingerprint density at radius 1 is 1.14 bits per heavy atom. The number of methoxy groups -OCH3 is 2. The fourth-order valence-electron chi connectivity index (χ4n) is 1.45. The summed E-state index contributed by atoms with van der Waals surface area (Å²) in [6.45, 7) is 4.08. The third-order valence-electron chi connectivity index (χ3n) is 2.22. The molecule has 0 aliphatic heterocycles. The van der Waals surface area contributed by atoms with Gasteiger partial charge in [0.25, 0.3) is 0 Å². The molecule has 0 aliphatic carbocycles. The van der Waals surface area contributed by atoms with Crippen LogP contribution < -0.4 is 9.47 Å². The van der Waals surface area contributed by atoms with E-state index in [0.717, 1.165) is 11.5 Å². The van der Waals surface area contributed by atoms with Crippen LogP contribution in [-0.2, 0) is 0 Å². The zero-order valence-electron chi connectivity index (χ0n) is 9.00. The van der Waals surface area contributed by atoms with Crippen LogP contribution >= 0.6 is 12.6 Å². The summed E-state index contributed by atoms with van der Waals surface area (Å²) < 4.78 is 10.4. The second kappa shape index (κ2) is 4.60. The number of hydrogen-bond acceptors (Lipinski definition) is 3. The highest BCUT2D eigenvalue weighted by Crippen LogP contribution is 2.34. The summed E-state index contributed by atoms with van der Waals surface area (Å²) in [5, 5.41) is 0.204. The minimum Gasteiger partial charge on any atom is -0.493 e. The molecule has 0 saturated heterocycles. The van der Waals surface area contributed by atoms with E-state index in [2.05, 4.69) is 12.6 Å². The molecular weight excluding hydrogens is 196 g/mol. The zero-order valence-corrected chi connectivity index (χ0v) is 9.89. The Labute approximate surface area is 90.6 Å². The van der Waals surface area contributed by atoms with Gasteiger partial charge in [0.2, 0.25) is 0 Å². The molecule has 1 aromatic rings. The molecule has 14 heavy (non-hydrogen) atoms. The van der Waals surface area contributed by atoms with E-state index >= 15 is 0 Å². The van der Waals surface area contributed by atoms with Gasteiger partial charge in [0.1, 0.15) is 0 Å². The highest BCUT2D eigenvalue weighted by molar-refractivity contribution is 7.80. The van der Waals surface area contributed by atoms with E-state index in [1.54, 1.807) is 14.2 Å². The van der Waals surface area contributed by atoms with Gasteiger partial charge in [-0.1, -0.05) is 0 Å². The maximum absolute atomic E-state index is 5.22. The lowest BCUT2D eigenvalue weighted by atomic mass is 10.1. The summed E-state index contributed by atoms with van der Waals surface area (Å²) in [5.74, 6) is 1.52. The van der Waals surface area contributed by atoms with Gasteiger partial charge in [-0.05, 0) is 37.1 Å². The van der Waals surface area contributed by atoms with Crippen molar-refractivity contribution in [3.8, 4) is 11.5 Å². The summed E-state index contributed by atoms with van der Waals surface area (Å²) in [6, 6.07) is 3.95. The molecule has 3 heteroatoms. The largest absolute Gasteiger partial charge is 0.493 e. The second-order valence-electron chi connectivity index (χ2n) is 3.24. The summed E-state index contributed by atoms with van der Waals surface area (Å²) in [6.07, 6.45) is 0. The third-order valence-corrected chi connectivity index (χ3v) is 2.50. The number of ether oxygens (including phenoxy) is 2. The monoisotopic (exact) mass is 212 g/mol. The van der Waals surface area contributed by atoms with Crippen molar-refractivity contribution in [2.45, 2.75) is 19.1 Å². The van der Waals surface area contributed by atoms with Gasteiger partial charge in [-0.3, -0.25) is 0 Å². The molecular formula is C11H16O2S. The van der Waals surface area contributed by atoms with Gasteiger partial charge < -0.3 is 9.47 Å². The molecule has 2 nitrogen and oxygen atoms in total. The standard InChI is InChI=1S/C11H16O2S/c1-7-5-10(12-3)11(13-4)6-9(7)8(2)14/h5-6,8,14H,1-4H3. The van der Waals surface area contributed by atoms with Crippen molar-refractivity contribution < 1.29 is 9.47 Å². The molecule has 1 aromatic carbocycles. The van der Waals surface area contributed by atoms with Crippen LogP contribution in [0.5, 0.6) is 11.5 Å². The number of aryl methyl sites for hydroxylation is 1. The predicted molar refractivity (Wildman–Crippen MR) is 61.7 cm³/mol. The first-order valence-corrected chi connectivity index (χ1v) is 5.02. The van der Waals surface area contributed by atoms with E-state index in [9.17, 15) is 0 Å². The van der Waals surface area contributed by atoms with E-state index in [1.165, 1.54) is 11.1 Å². The van der Waals surface area contributed by atoms with Gasteiger partial charge in [0.15, 0.2) is 11.5 Å². The predicted octanol–water partition coefficient (Wildman–Crippen LogP) is 3.00. The fraction of sp³-hybridized carbons (Fsp3) is 0.455. The quantitative estimate of drug-likeness (QED) is 0.776. The Balaban J connectivity index is 3.23. The number of hydrogen-bond donors (Lipinski definition) is 1. The van der Waals surface area contributed by atoms with Gasteiger partial charge in [0.05, 0.1) is 14.2 Å². The molecule has 0 bridgehead atoms. The molecule has 0 saturated carbocycles. The molecule has 0 spiro atoms. The van der Waals surface area contributed by atoms with Gasteiger partial charge in [0, 0.05) is 5.25 Å². The molecule has 1 unspecified atom stereocenters. The number of thiol groups is 1. The number of benzene rings is 1. The zero-order chi connectivity index (χ0) is 10.7. The van der Waals surface area contributed by atoms with Gasteiger partial charge in [-0.25, -0.2) is 0 Å². The average molecular weight is 212 g/mol. The summed E-state index contributed by atoms with van der Waals surface area (Å²) in [4.78, 5) is 0. The van der Waals surface area contributed by atoms with Crippen molar-refractivity contribution in [2.75, 3.05) is 14.2 Å². The minimum absolute atomic E-state index is 0.204. The maximum atomic E-state index is 5.22. The van der Waals surface area contributed by atoms with Crippen LogP contribution in [0, 0.1) is 6.92 Å². The van der Waals surface area contributed by atoms with E-state index < -0.39 is 0 Å². The van der Waals surface area contributed by atoms with Crippen molar-refractivity contribution in [1.82, 2.24) is 0 Å². The molecule has 1 rings (SSSR count). The molecule has 1 atom stereocenters. The van der Waals surface area contributed by atoms with Crippen molar-refractivity contribution >= 4 is 12.6 Å². The van der Waals surface area contributed by atoms with Gasteiger partial charge >= 0.3 is 0 Å². The van der Waals surface area contributed by atoms with E-state index in [1.807, 2.05) is 26.0 Å². The fourth-order valence-corrected chi connectivity index (χ4v) is 1.72. The summed E-state index contributed by atoms with van der Waals surface area (Å²) >= 11 is 4.41. The molecule has 0 heterocycles. The topological polar surface area (TPSA) is 18.5 Å². The van der Waals surface area contributed by atoms with Crippen LogP contribution in [0.15, 0.2) is 12.1 Å². The van der Waals surface area contributed by atoms with Crippen LogP contribution in [0.1, 0.15) is 23.3 Å². The maximum Gasteiger partial charge on any atom is 0.161 e. The first-order valence-electron chi connectivity index (χ1n) is 4.50. The Morgan fingerprint density at radius 2 is 1.64 bits per heavy atom. The normalized spacial score (nSPS) is 12.4. The van der Waals surface area contributed by atoms with Crippen LogP contribution in [0.3, 0.4) is 0 Å². The van der Waals surface area contributed by atoms with Crippen molar-refractivity contribution in [3.63, 3.8) is 0 Å². The second-order valence-corrected chi connectivity index (χ2v) is 4.01. The van der Waals surface area contributed by atoms with Gasteiger partial charge in [-0.2, -0.15) is 12.6 Å². The van der Waals surface area contributed by atoms with E-state index in [-0.39, 0.29) is 5.25 Å². The Bertz CT molecular complexity index is 321. The third kappa shape index (κ3) is 2.15. The van der Waals surface area contributed by atoms with Crippen molar-refractivity contribution in [2.24, 2.45) is 0 Å². The summed E-state index contributed by atoms with van der Waals surface area (Å²) in [5.41, 5.74) is 2.34. The Hall–Kier alpha value is -0.830. The summed E-state index contributed by atoms with van der Waals surface area (Å²) in [7, 11) is 3.28. The smallest absolute Gasteiger partial charge is 0.161 e. The van der Waals surface area contributed by atoms with Crippen LogP contribution in [0.2, 0.25) is 0 Å². The molecule has 78 valence electrons. The molecule has 0 aliphatic rings. The lowest BCUT2D eigenvalue weighted by Crippen LogP contribution is -1.96. The first kappa shape index (κ1) is 11.2. The van der Waals surface area contributed by atoms with Gasteiger partial charge in [-0.15, -0.1) is 0 Å².